The number of rotatable bonds is 5. The molecule has 0 aliphatic carbocycles. The Bertz CT molecular complexity index is 464. The van der Waals surface area contributed by atoms with Crippen LogP contribution in [0.3, 0.4) is 0 Å². The normalized spacial score (nSPS) is 11.1. The van der Waals surface area contributed by atoms with Crippen LogP contribution in [0.25, 0.3) is 10.9 Å². The van der Waals surface area contributed by atoms with Crippen LogP contribution < -0.4 is 5.32 Å². The molecule has 0 unspecified atom stereocenters. The minimum atomic E-state index is 0.180. The second-order valence-electron chi connectivity index (χ2n) is 3.90. The fourth-order valence-corrected chi connectivity index (χ4v) is 1.75. The van der Waals surface area contributed by atoms with Gasteiger partial charge in [0.15, 0.2) is 0 Å². The largest absolute Gasteiger partial charge is 0.395 e. The van der Waals surface area contributed by atoms with Crippen molar-refractivity contribution >= 4 is 10.9 Å². The van der Waals surface area contributed by atoms with Crippen LogP contribution in [0.2, 0.25) is 0 Å². The third-order valence-corrected chi connectivity index (χ3v) is 2.59. The van der Waals surface area contributed by atoms with Crippen LogP contribution in [0.4, 0.5) is 0 Å². The minimum Gasteiger partial charge on any atom is -0.395 e. The van der Waals surface area contributed by atoms with Crippen molar-refractivity contribution in [2.24, 2.45) is 0 Å². The van der Waals surface area contributed by atoms with Crippen molar-refractivity contribution in [2.45, 2.75) is 13.5 Å². The molecule has 1 heterocycles. The van der Waals surface area contributed by atoms with E-state index in [-0.39, 0.29) is 6.61 Å². The molecule has 0 bridgehead atoms. The topological polar surface area (TPSA) is 50.1 Å². The van der Waals surface area contributed by atoms with Gasteiger partial charge in [-0.2, -0.15) is 5.10 Å². The molecule has 0 spiro atoms. The van der Waals surface area contributed by atoms with Crippen molar-refractivity contribution in [1.82, 2.24) is 15.1 Å². The van der Waals surface area contributed by atoms with E-state index in [2.05, 4.69) is 35.5 Å². The van der Waals surface area contributed by atoms with Crippen molar-refractivity contribution < 1.29 is 5.11 Å². The van der Waals surface area contributed by atoms with E-state index in [0.29, 0.717) is 6.54 Å². The number of benzene rings is 1. The monoisotopic (exact) mass is 219 g/mol. The quantitative estimate of drug-likeness (QED) is 0.735. The molecule has 2 N–H and O–H groups in total. The fraction of sp³-hybridized carbons (Fsp3) is 0.417. The highest BCUT2D eigenvalue weighted by Gasteiger charge is 2.01. The Balaban J connectivity index is 2.09. The summed E-state index contributed by atoms with van der Waals surface area (Å²) in [6.45, 7) is 4.55. The first-order chi connectivity index (χ1) is 7.81. The zero-order valence-electron chi connectivity index (χ0n) is 9.48. The maximum absolute atomic E-state index is 8.65. The van der Waals surface area contributed by atoms with Gasteiger partial charge in [0.05, 0.1) is 24.9 Å². The lowest BCUT2D eigenvalue weighted by molar-refractivity contribution is 0.291. The standard InChI is InChI=1S/C12H17N3O/c1-10-2-3-11-9-14-15(12(11)8-10)6-4-13-5-7-16/h2-3,8-9,13,16H,4-7H2,1H3. The van der Waals surface area contributed by atoms with Gasteiger partial charge < -0.3 is 10.4 Å². The summed E-state index contributed by atoms with van der Waals surface area (Å²) in [4.78, 5) is 0. The number of aliphatic hydroxyl groups is 1. The third-order valence-electron chi connectivity index (χ3n) is 2.59. The molecule has 0 fully saturated rings. The summed E-state index contributed by atoms with van der Waals surface area (Å²) >= 11 is 0. The molecule has 0 radical (unpaired) electrons. The maximum Gasteiger partial charge on any atom is 0.0685 e. The first-order valence-electron chi connectivity index (χ1n) is 5.55. The first kappa shape index (κ1) is 11.1. The van der Waals surface area contributed by atoms with Gasteiger partial charge in [-0.3, -0.25) is 4.68 Å². The van der Waals surface area contributed by atoms with Crippen LogP contribution in [-0.4, -0.2) is 34.6 Å². The summed E-state index contributed by atoms with van der Waals surface area (Å²) in [7, 11) is 0. The van der Waals surface area contributed by atoms with E-state index < -0.39 is 0 Å². The molecule has 16 heavy (non-hydrogen) atoms. The molecule has 0 aliphatic rings. The van der Waals surface area contributed by atoms with Crippen molar-refractivity contribution in [3.8, 4) is 0 Å². The lowest BCUT2D eigenvalue weighted by Crippen LogP contribution is -2.23. The average Bonchev–Trinajstić information content (AvgIpc) is 2.67. The van der Waals surface area contributed by atoms with Gasteiger partial charge in [-0.1, -0.05) is 12.1 Å². The predicted octanol–water partition coefficient (Wildman–Crippen LogP) is 0.927. The molecule has 1 aromatic carbocycles. The molecule has 4 heteroatoms. The summed E-state index contributed by atoms with van der Waals surface area (Å²) < 4.78 is 1.99. The lowest BCUT2D eigenvalue weighted by Gasteiger charge is -2.05. The van der Waals surface area contributed by atoms with Gasteiger partial charge in [-0.05, 0) is 18.6 Å². The molecule has 0 saturated carbocycles. The summed E-state index contributed by atoms with van der Waals surface area (Å²) in [5.74, 6) is 0. The number of hydrogen-bond donors (Lipinski definition) is 2. The van der Waals surface area contributed by atoms with E-state index in [9.17, 15) is 0 Å². The van der Waals surface area contributed by atoms with Gasteiger partial charge in [0, 0.05) is 18.5 Å². The number of aryl methyl sites for hydroxylation is 1. The Morgan fingerprint density at radius 2 is 2.25 bits per heavy atom. The van der Waals surface area contributed by atoms with Gasteiger partial charge in [-0.25, -0.2) is 0 Å². The number of nitrogens with zero attached hydrogens (tertiary/aromatic N) is 2. The zero-order chi connectivity index (χ0) is 11.4. The van der Waals surface area contributed by atoms with Crippen LogP contribution in [0.5, 0.6) is 0 Å². The fourth-order valence-electron chi connectivity index (χ4n) is 1.75. The van der Waals surface area contributed by atoms with Crippen LogP contribution in [0.1, 0.15) is 5.56 Å². The van der Waals surface area contributed by atoms with Crippen molar-refractivity contribution in [2.75, 3.05) is 19.7 Å². The smallest absolute Gasteiger partial charge is 0.0685 e. The second kappa shape index (κ2) is 5.09. The number of aliphatic hydroxyl groups excluding tert-OH is 1. The van der Waals surface area contributed by atoms with Crippen molar-refractivity contribution in [1.29, 1.82) is 0 Å². The van der Waals surface area contributed by atoms with Crippen LogP contribution in [-0.2, 0) is 6.54 Å². The summed E-state index contributed by atoms with van der Waals surface area (Å²) in [5.41, 5.74) is 2.42. The van der Waals surface area contributed by atoms with Gasteiger partial charge >= 0.3 is 0 Å². The molecular formula is C12H17N3O. The lowest BCUT2D eigenvalue weighted by atomic mass is 10.2. The van der Waals surface area contributed by atoms with Crippen LogP contribution >= 0.6 is 0 Å². The molecule has 1 aromatic heterocycles. The van der Waals surface area contributed by atoms with Crippen LogP contribution in [0, 0.1) is 6.92 Å². The molecule has 4 nitrogen and oxygen atoms in total. The zero-order valence-corrected chi connectivity index (χ0v) is 9.48. The van der Waals surface area contributed by atoms with Gasteiger partial charge in [0.25, 0.3) is 0 Å². The Morgan fingerprint density at radius 3 is 3.06 bits per heavy atom. The highest BCUT2D eigenvalue weighted by atomic mass is 16.3. The number of fused-ring (bicyclic) bond motifs is 1. The van der Waals surface area contributed by atoms with Gasteiger partial charge in [0.1, 0.15) is 0 Å². The predicted molar refractivity (Wildman–Crippen MR) is 64.4 cm³/mol. The highest BCUT2D eigenvalue weighted by Crippen LogP contribution is 2.14. The van der Waals surface area contributed by atoms with Crippen molar-refractivity contribution in [3.63, 3.8) is 0 Å². The molecule has 0 saturated heterocycles. The first-order valence-corrected chi connectivity index (χ1v) is 5.55. The summed E-state index contributed by atoms with van der Waals surface area (Å²) in [6, 6.07) is 6.34. The van der Waals surface area contributed by atoms with E-state index >= 15 is 0 Å². The Kier molecular flexibility index (Phi) is 3.54. The van der Waals surface area contributed by atoms with Crippen molar-refractivity contribution in [3.05, 3.63) is 30.0 Å². The molecular weight excluding hydrogens is 202 g/mol. The summed E-state index contributed by atoms with van der Waals surface area (Å²) in [6.07, 6.45) is 1.89. The number of aromatic nitrogens is 2. The maximum atomic E-state index is 8.65. The summed E-state index contributed by atoms with van der Waals surface area (Å²) in [5, 5.41) is 17.3. The Labute approximate surface area is 94.9 Å². The molecule has 0 atom stereocenters. The van der Waals surface area contributed by atoms with Gasteiger partial charge in [0.2, 0.25) is 0 Å². The molecule has 86 valence electrons. The molecule has 0 aliphatic heterocycles. The van der Waals surface area contributed by atoms with E-state index in [0.717, 1.165) is 13.1 Å². The van der Waals surface area contributed by atoms with E-state index in [4.69, 9.17) is 5.11 Å². The number of nitrogens with one attached hydrogen (secondary N) is 1. The molecule has 2 aromatic rings. The van der Waals surface area contributed by atoms with E-state index in [1.54, 1.807) is 0 Å². The number of hydrogen-bond acceptors (Lipinski definition) is 3. The molecule has 0 amide bonds. The average molecular weight is 219 g/mol. The Morgan fingerprint density at radius 1 is 1.38 bits per heavy atom. The van der Waals surface area contributed by atoms with Gasteiger partial charge in [-0.15, -0.1) is 0 Å². The van der Waals surface area contributed by atoms with E-state index in [1.165, 1.54) is 16.5 Å². The van der Waals surface area contributed by atoms with E-state index in [1.807, 2.05) is 10.9 Å². The molecule has 2 rings (SSSR count). The Hall–Kier alpha value is -1.39. The third kappa shape index (κ3) is 2.40. The highest BCUT2D eigenvalue weighted by molar-refractivity contribution is 5.79. The second-order valence-corrected chi connectivity index (χ2v) is 3.90. The van der Waals surface area contributed by atoms with Crippen LogP contribution in [0.15, 0.2) is 24.4 Å². The SMILES string of the molecule is Cc1ccc2cnn(CCNCCO)c2c1. The minimum absolute atomic E-state index is 0.180.